The lowest BCUT2D eigenvalue weighted by Gasteiger charge is -2.29. The highest BCUT2D eigenvalue weighted by molar-refractivity contribution is 7.99. The van der Waals surface area contributed by atoms with Crippen LogP contribution >= 0.6 is 11.8 Å². The third-order valence-electron chi connectivity index (χ3n) is 3.10. The molecule has 1 unspecified atom stereocenters. The van der Waals surface area contributed by atoms with E-state index in [0.29, 0.717) is 17.3 Å². The number of likely N-dealkylation sites (N-methyl/N-ethyl adjacent to an activating group) is 1. The molecule has 1 aliphatic heterocycles. The third kappa shape index (κ3) is 4.04. The van der Waals surface area contributed by atoms with Crippen LogP contribution in [-0.2, 0) is 10.9 Å². The molecule has 1 heterocycles. The van der Waals surface area contributed by atoms with Gasteiger partial charge in [-0.05, 0) is 25.2 Å². The van der Waals surface area contributed by atoms with Gasteiger partial charge in [0.15, 0.2) is 0 Å². The van der Waals surface area contributed by atoms with Crippen LogP contribution in [0, 0.1) is 0 Å². The number of hydrogen-bond acceptors (Lipinski definition) is 4. The fourth-order valence-electron chi connectivity index (χ4n) is 2.01. The summed E-state index contributed by atoms with van der Waals surface area (Å²) in [5, 5.41) is 0. The molecule has 1 aliphatic rings. The van der Waals surface area contributed by atoms with Gasteiger partial charge >= 0.3 is 6.18 Å². The summed E-state index contributed by atoms with van der Waals surface area (Å²) in [6.45, 7) is 2.42. The van der Waals surface area contributed by atoms with Crippen LogP contribution in [0.5, 0.6) is 0 Å². The first-order valence-electron chi connectivity index (χ1n) is 6.26. The maximum absolute atomic E-state index is 12.5. The molecule has 1 saturated heterocycles. The van der Waals surface area contributed by atoms with Gasteiger partial charge < -0.3 is 15.4 Å². The van der Waals surface area contributed by atoms with Gasteiger partial charge in [0.25, 0.3) is 0 Å². The van der Waals surface area contributed by atoms with Crippen molar-refractivity contribution in [2.24, 2.45) is 0 Å². The number of nitrogens with zero attached hydrogens (tertiary/aromatic N) is 1. The fraction of sp³-hybridized carbons (Fsp3) is 0.538. The Morgan fingerprint density at radius 3 is 2.80 bits per heavy atom. The lowest BCUT2D eigenvalue weighted by atomic mass is 10.2. The molecule has 0 spiro atoms. The number of thioether (sulfide) groups is 1. The molecule has 2 N–H and O–H groups in total. The summed E-state index contributed by atoms with van der Waals surface area (Å²) in [6.07, 6.45) is -4.27. The monoisotopic (exact) mass is 306 g/mol. The minimum atomic E-state index is -4.35. The molecule has 20 heavy (non-hydrogen) atoms. The Morgan fingerprint density at radius 1 is 1.45 bits per heavy atom. The highest BCUT2D eigenvalue weighted by Gasteiger charge is 2.30. The van der Waals surface area contributed by atoms with E-state index < -0.39 is 11.7 Å². The van der Waals surface area contributed by atoms with Crippen molar-refractivity contribution in [2.75, 3.05) is 38.2 Å². The van der Waals surface area contributed by atoms with Gasteiger partial charge in [0.05, 0.1) is 18.3 Å². The van der Waals surface area contributed by atoms with Gasteiger partial charge in [0.2, 0.25) is 0 Å². The zero-order valence-electron chi connectivity index (χ0n) is 11.1. The number of nitrogens with two attached hydrogens (primary N) is 1. The highest BCUT2D eigenvalue weighted by Crippen LogP contribution is 2.34. The van der Waals surface area contributed by atoms with Crippen molar-refractivity contribution in [1.29, 1.82) is 0 Å². The van der Waals surface area contributed by atoms with Gasteiger partial charge in [-0.15, -0.1) is 11.8 Å². The Labute approximate surface area is 120 Å². The van der Waals surface area contributed by atoms with E-state index >= 15 is 0 Å². The second-order valence-electron chi connectivity index (χ2n) is 4.82. The molecule has 112 valence electrons. The van der Waals surface area contributed by atoms with Crippen molar-refractivity contribution in [3.05, 3.63) is 23.8 Å². The maximum Gasteiger partial charge on any atom is 0.416 e. The van der Waals surface area contributed by atoms with Crippen LogP contribution in [0.4, 0.5) is 18.9 Å². The van der Waals surface area contributed by atoms with Crippen LogP contribution in [0.15, 0.2) is 23.1 Å². The van der Waals surface area contributed by atoms with Crippen molar-refractivity contribution in [3.8, 4) is 0 Å². The number of morpholine rings is 1. The van der Waals surface area contributed by atoms with E-state index in [2.05, 4.69) is 4.90 Å². The molecule has 0 bridgehead atoms. The minimum absolute atomic E-state index is 0.0837. The molecule has 7 heteroatoms. The number of halogens is 3. The third-order valence-corrected chi connectivity index (χ3v) is 4.32. The van der Waals surface area contributed by atoms with Gasteiger partial charge in [-0.1, -0.05) is 0 Å². The summed E-state index contributed by atoms with van der Waals surface area (Å²) in [7, 11) is 2.02. The number of rotatable bonds is 3. The zero-order chi connectivity index (χ0) is 14.8. The predicted octanol–water partition coefficient (Wildman–Crippen LogP) is 2.71. The first kappa shape index (κ1) is 15.5. The van der Waals surface area contributed by atoms with E-state index in [1.165, 1.54) is 17.8 Å². The van der Waals surface area contributed by atoms with Crippen LogP contribution in [-0.4, -0.2) is 43.5 Å². The van der Waals surface area contributed by atoms with Gasteiger partial charge in [0, 0.05) is 29.4 Å². The van der Waals surface area contributed by atoms with Gasteiger partial charge in [-0.25, -0.2) is 0 Å². The van der Waals surface area contributed by atoms with Gasteiger partial charge in [-0.3, -0.25) is 0 Å². The maximum atomic E-state index is 12.5. The topological polar surface area (TPSA) is 38.5 Å². The van der Waals surface area contributed by atoms with Crippen molar-refractivity contribution in [1.82, 2.24) is 4.90 Å². The fourth-order valence-corrected chi connectivity index (χ4v) is 2.96. The first-order valence-corrected chi connectivity index (χ1v) is 7.24. The summed E-state index contributed by atoms with van der Waals surface area (Å²) < 4.78 is 43.2. The van der Waals surface area contributed by atoms with Crippen LogP contribution in [0.1, 0.15) is 5.56 Å². The second-order valence-corrected chi connectivity index (χ2v) is 5.88. The number of anilines is 1. The van der Waals surface area contributed by atoms with Crippen molar-refractivity contribution < 1.29 is 17.9 Å². The molecule has 0 amide bonds. The lowest BCUT2D eigenvalue weighted by Crippen LogP contribution is -2.41. The Kier molecular flexibility index (Phi) is 4.82. The number of nitrogen functional groups attached to an aromatic ring is 1. The summed E-state index contributed by atoms with van der Waals surface area (Å²) in [4.78, 5) is 2.83. The summed E-state index contributed by atoms with van der Waals surface area (Å²) in [5.41, 5.74) is 5.14. The molecule has 0 aliphatic carbocycles. The average Bonchev–Trinajstić information content (AvgIpc) is 2.36. The van der Waals surface area contributed by atoms with E-state index in [4.69, 9.17) is 10.5 Å². The molecular weight excluding hydrogens is 289 g/mol. The molecule has 0 aromatic heterocycles. The van der Waals surface area contributed by atoms with Crippen LogP contribution in [0.3, 0.4) is 0 Å². The molecule has 1 aromatic rings. The van der Waals surface area contributed by atoms with Gasteiger partial charge in [0.1, 0.15) is 0 Å². The van der Waals surface area contributed by atoms with E-state index in [1.807, 2.05) is 7.05 Å². The Morgan fingerprint density at radius 2 is 2.20 bits per heavy atom. The summed E-state index contributed by atoms with van der Waals surface area (Å²) in [6, 6.07) is 3.47. The number of benzene rings is 1. The van der Waals surface area contributed by atoms with Crippen molar-refractivity contribution in [3.63, 3.8) is 0 Å². The lowest BCUT2D eigenvalue weighted by molar-refractivity contribution is -0.137. The van der Waals surface area contributed by atoms with E-state index in [-0.39, 0.29) is 11.8 Å². The average molecular weight is 306 g/mol. The zero-order valence-corrected chi connectivity index (χ0v) is 11.9. The Hall–Kier alpha value is -0.920. The molecule has 1 aromatic carbocycles. The molecule has 1 atom stereocenters. The van der Waals surface area contributed by atoms with Crippen LogP contribution < -0.4 is 5.73 Å². The molecule has 1 fully saturated rings. The van der Waals surface area contributed by atoms with Crippen molar-refractivity contribution in [2.45, 2.75) is 17.2 Å². The number of ether oxygens (including phenoxy) is 1. The molecule has 0 saturated carbocycles. The SMILES string of the molecule is CN1CCOC(CSc2ccc(C(F)(F)F)cc2N)C1. The standard InChI is InChI=1S/C13H17F3N2OS/c1-18-4-5-19-10(7-18)8-20-12-3-2-9(6-11(12)17)13(14,15)16/h2-3,6,10H,4-5,7-8,17H2,1H3. The largest absolute Gasteiger partial charge is 0.416 e. The second kappa shape index (κ2) is 6.24. The van der Waals surface area contributed by atoms with Crippen LogP contribution in [0.2, 0.25) is 0 Å². The first-order chi connectivity index (χ1) is 9.36. The molecular formula is C13H17F3N2OS. The van der Waals surface area contributed by atoms with Crippen LogP contribution in [0.25, 0.3) is 0 Å². The quantitative estimate of drug-likeness (QED) is 0.688. The predicted molar refractivity (Wildman–Crippen MR) is 73.8 cm³/mol. The summed E-state index contributed by atoms with van der Waals surface area (Å²) in [5.74, 6) is 0.680. The smallest absolute Gasteiger partial charge is 0.398 e. The van der Waals surface area contributed by atoms with E-state index in [9.17, 15) is 13.2 Å². The number of hydrogen-bond donors (Lipinski definition) is 1. The van der Waals surface area contributed by atoms with E-state index in [0.717, 1.165) is 25.2 Å². The molecule has 2 rings (SSSR count). The minimum Gasteiger partial charge on any atom is -0.398 e. The van der Waals surface area contributed by atoms with E-state index in [1.54, 1.807) is 0 Å². The highest BCUT2D eigenvalue weighted by atomic mass is 32.2. The Balaban J connectivity index is 1.96. The summed E-state index contributed by atoms with van der Waals surface area (Å²) >= 11 is 1.43. The normalized spacial score (nSPS) is 21.1. The number of alkyl halides is 3. The molecule has 0 radical (unpaired) electrons. The Bertz CT molecular complexity index is 467. The van der Waals surface area contributed by atoms with Crippen molar-refractivity contribution >= 4 is 17.4 Å². The van der Waals surface area contributed by atoms with Gasteiger partial charge in [-0.2, -0.15) is 13.2 Å². The molecule has 3 nitrogen and oxygen atoms in total.